The lowest BCUT2D eigenvalue weighted by Crippen LogP contribution is -2.72. The molecule has 0 N–H and O–H groups in total. The van der Waals surface area contributed by atoms with E-state index < -0.39 is 36.1 Å². The Hall–Kier alpha value is -0.930. The first kappa shape index (κ1) is 17.4. The van der Waals surface area contributed by atoms with Gasteiger partial charge in [-0.25, -0.2) is 0 Å². The monoisotopic (exact) mass is 317 g/mol. The second-order valence-electron chi connectivity index (χ2n) is 5.61. The summed E-state index contributed by atoms with van der Waals surface area (Å²) in [5, 5.41) is 3.76. The summed E-state index contributed by atoms with van der Waals surface area (Å²) in [5.74, 6) is -2.32. The molecule has 2 heterocycles. The smallest absolute Gasteiger partial charge is 0.220 e. The van der Waals surface area contributed by atoms with E-state index in [4.69, 9.17) is 34.0 Å². The van der Waals surface area contributed by atoms with Crippen LogP contribution in [-0.2, 0) is 28.4 Å². The molecule has 126 valence electrons. The van der Waals surface area contributed by atoms with Crippen molar-refractivity contribution in [3.63, 3.8) is 0 Å². The van der Waals surface area contributed by atoms with Crippen molar-refractivity contribution in [3.8, 4) is 0 Å². The molecule has 2 rings (SSSR count). The molecule has 0 aromatic carbocycles. The van der Waals surface area contributed by atoms with Crippen LogP contribution < -0.4 is 0 Å². The van der Waals surface area contributed by atoms with Gasteiger partial charge in [-0.15, -0.1) is 0 Å². The molecule has 22 heavy (non-hydrogen) atoms. The van der Waals surface area contributed by atoms with Crippen molar-refractivity contribution < 1.29 is 28.4 Å². The first-order valence-electron chi connectivity index (χ1n) is 7.04. The summed E-state index contributed by atoms with van der Waals surface area (Å²) in [6.07, 6.45) is -2.13. The van der Waals surface area contributed by atoms with Crippen LogP contribution in [0.4, 0.5) is 0 Å². The molecule has 0 saturated carbocycles. The molecule has 9 nitrogen and oxygen atoms in total. The first-order chi connectivity index (χ1) is 10.4. The van der Waals surface area contributed by atoms with Gasteiger partial charge in [0.15, 0.2) is 6.29 Å². The molecule has 2 fully saturated rings. The van der Waals surface area contributed by atoms with Gasteiger partial charge < -0.3 is 28.4 Å². The highest BCUT2D eigenvalue weighted by molar-refractivity contribution is 5.01. The Bertz CT molecular complexity index is 459. The minimum atomic E-state index is -1.18. The molecule has 0 radical (unpaired) electrons. The number of fused-ring (bicyclic) bond motifs is 1. The number of rotatable bonds is 4. The van der Waals surface area contributed by atoms with Gasteiger partial charge in [0, 0.05) is 26.2 Å². The Morgan fingerprint density at radius 3 is 2.05 bits per heavy atom. The van der Waals surface area contributed by atoms with Gasteiger partial charge in [0.05, 0.1) is 6.10 Å². The molecular weight excluding hydrogens is 294 g/mol. The number of nitrogens with zero attached hydrogens (tertiary/aromatic N) is 3. The highest BCUT2D eigenvalue weighted by Gasteiger charge is 2.61. The van der Waals surface area contributed by atoms with Gasteiger partial charge >= 0.3 is 0 Å². The number of methoxy groups -OCH3 is 3. The van der Waals surface area contributed by atoms with Gasteiger partial charge in [0.2, 0.25) is 11.6 Å². The molecule has 0 spiro atoms. The Morgan fingerprint density at radius 2 is 1.59 bits per heavy atom. The van der Waals surface area contributed by atoms with Gasteiger partial charge in [-0.3, -0.25) is 0 Å². The van der Waals surface area contributed by atoms with Crippen molar-refractivity contribution in [1.82, 2.24) is 0 Å². The van der Waals surface area contributed by atoms with E-state index in [1.807, 2.05) is 6.92 Å². The summed E-state index contributed by atoms with van der Waals surface area (Å²) in [4.78, 5) is 2.86. The van der Waals surface area contributed by atoms with E-state index in [1.54, 1.807) is 13.8 Å². The third-order valence-electron chi connectivity index (χ3n) is 4.49. The maximum atomic E-state index is 8.82. The molecule has 2 aliphatic heterocycles. The molecule has 0 aliphatic carbocycles. The van der Waals surface area contributed by atoms with Crippen LogP contribution in [0.5, 0.6) is 0 Å². The van der Waals surface area contributed by atoms with Gasteiger partial charge in [-0.05, 0) is 26.3 Å². The third kappa shape index (κ3) is 2.59. The summed E-state index contributed by atoms with van der Waals surface area (Å²) in [7, 11) is 4.49. The fourth-order valence-corrected chi connectivity index (χ4v) is 2.86. The zero-order valence-electron chi connectivity index (χ0n) is 13.7. The number of azide groups is 1. The van der Waals surface area contributed by atoms with Crippen LogP contribution in [0.15, 0.2) is 5.11 Å². The van der Waals surface area contributed by atoms with Gasteiger partial charge in [0.1, 0.15) is 18.2 Å². The summed E-state index contributed by atoms with van der Waals surface area (Å²) in [6.45, 7) is 5.27. The molecule has 0 aromatic rings. The van der Waals surface area contributed by atoms with Crippen LogP contribution in [-0.4, -0.2) is 63.5 Å². The van der Waals surface area contributed by atoms with Crippen molar-refractivity contribution in [1.29, 1.82) is 0 Å². The fraction of sp³-hybridized carbons (Fsp3) is 1.00. The molecule has 0 aromatic heterocycles. The second-order valence-corrected chi connectivity index (χ2v) is 5.61. The topological polar surface area (TPSA) is 104 Å². The summed E-state index contributed by atoms with van der Waals surface area (Å²) < 4.78 is 34.1. The Morgan fingerprint density at radius 1 is 1.05 bits per heavy atom. The lowest BCUT2D eigenvalue weighted by molar-refractivity contribution is -0.469. The number of hydrogen-bond donors (Lipinski definition) is 0. The van der Waals surface area contributed by atoms with Crippen molar-refractivity contribution in [2.75, 3.05) is 21.3 Å². The van der Waals surface area contributed by atoms with Crippen LogP contribution in [0.2, 0.25) is 0 Å². The van der Waals surface area contributed by atoms with Crippen LogP contribution in [0.3, 0.4) is 0 Å². The Balaban J connectivity index is 2.39. The maximum Gasteiger partial charge on any atom is 0.220 e. The van der Waals surface area contributed by atoms with Crippen molar-refractivity contribution >= 4 is 0 Å². The molecular formula is C13H23N3O6. The van der Waals surface area contributed by atoms with Crippen molar-refractivity contribution in [2.45, 2.75) is 63.0 Å². The van der Waals surface area contributed by atoms with Crippen molar-refractivity contribution in [2.24, 2.45) is 5.11 Å². The zero-order chi connectivity index (χ0) is 16.5. The Kier molecular flexibility index (Phi) is 4.98. The minimum absolute atomic E-state index is 0.337. The predicted molar refractivity (Wildman–Crippen MR) is 74.9 cm³/mol. The maximum absolute atomic E-state index is 8.82. The lowest BCUT2D eigenvalue weighted by Gasteiger charge is -2.56. The van der Waals surface area contributed by atoms with Gasteiger partial charge in [-0.1, -0.05) is 5.11 Å². The molecule has 0 unspecified atom stereocenters. The standard InChI is InChI=1S/C13H23N3O6/c1-7-9-10(8(15-16-14)11(17-4)20-7)22-13(3,19-6)12(2,18-5)21-9/h7-11H,1-6H3/t7-,8-,9-,10-,11+,12+,13+/m1/s1. The second kappa shape index (κ2) is 6.29. The molecule has 2 aliphatic rings. The largest absolute Gasteiger partial charge is 0.355 e. The summed E-state index contributed by atoms with van der Waals surface area (Å²) >= 11 is 0. The summed E-state index contributed by atoms with van der Waals surface area (Å²) in [6, 6.07) is -0.702. The van der Waals surface area contributed by atoms with Gasteiger partial charge in [0.25, 0.3) is 0 Å². The van der Waals surface area contributed by atoms with Crippen LogP contribution in [0, 0.1) is 0 Å². The average Bonchev–Trinajstić information content (AvgIpc) is 2.52. The minimum Gasteiger partial charge on any atom is -0.355 e. The number of hydrogen-bond acceptors (Lipinski definition) is 7. The van der Waals surface area contributed by atoms with E-state index in [1.165, 1.54) is 21.3 Å². The van der Waals surface area contributed by atoms with E-state index >= 15 is 0 Å². The third-order valence-corrected chi connectivity index (χ3v) is 4.49. The van der Waals surface area contributed by atoms with E-state index in [0.717, 1.165) is 0 Å². The van der Waals surface area contributed by atoms with E-state index in [0.29, 0.717) is 0 Å². The molecule has 2 saturated heterocycles. The molecule has 7 atom stereocenters. The van der Waals surface area contributed by atoms with Crippen LogP contribution in [0.1, 0.15) is 20.8 Å². The molecule has 9 heteroatoms. The van der Waals surface area contributed by atoms with Crippen molar-refractivity contribution in [3.05, 3.63) is 10.4 Å². The quantitative estimate of drug-likeness (QED) is 0.443. The normalized spacial score (nSPS) is 48.4. The molecule has 0 bridgehead atoms. The van der Waals surface area contributed by atoms with E-state index in [9.17, 15) is 0 Å². The first-order valence-corrected chi connectivity index (χ1v) is 7.04. The summed E-state index contributed by atoms with van der Waals surface area (Å²) in [5.41, 5.74) is 8.82. The van der Waals surface area contributed by atoms with E-state index in [2.05, 4.69) is 10.0 Å². The lowest BCUT2D eigenvalue weighted by atomic mass is 9.93. The number of ether oxygens (including phenoxy) is 6. The zero-order valence-corrected chi connectivity index (χ0v) is 13.7. The fourth-order valence-electron chi connectivity index (χ4n) is 2.86. The van der Waals surface area contributed by atoms with Crippen LogP contribution in [0.25, 0.3) is 10.4 Å². The highest BCUT2D eigenvalue weighted by atomic mass is 16.8. The molecule has 0 amide bonds. The van der Waals surface area contributed by atoms with Gasteiger partial charge in [-0.2, -0.15) is 0 Å². The highest BCUT2D eigenvalue weighted by Crippen LogP contribution is 2.44. The average molecular weight is 317 g/mol. The van der Waals surface area contributed by atoms with E-state index in [-0.39, 0.29) is 6.10 Å². The Labute approximate surface area is 129 Å². The van der Waals surface area contributed by atoms with Crippen LogP contribution >= 0.6 is 0 Å². The predicted octanol–water partition coefficient (Wildman–Crippen LogP) is 1.57. The SMILES string of the molecule is CO[C@H]1O[C@H](C)[C@H]2O[C@](C)(OC)[C@@](C)(OC)O[C@@H]2[C@H]1N=[N+]=[N-].